The van der Waals surface area contributed by atoms with Gasteiger partial charge in [0.1, 0.15) is 16.5 Å². The Labute approximate surface area is 127 Å². The quantitative estimate of drug-likeness (QED) is 0.850. The van der Waals surface area contributed by atoms with E-state index in [9.17, 15) is 22.0 Å². The molecule has 0 aromatic heterocycles. The minimum atomic E-state index is -4.11. The van der Waals surface area contributed by atoms with Gasteiger partial charge in [-0.05, 0) is 25.1 Å². The van der Waals surface area contributed by atoms with Gasteiger partial charge in [0.25, 0.3) is 0 Å². The molecule has 22 heavy (non-hydrogen) atoms. The van der Waals surface area contributed by atoms with Gasteiger partial charge in [0, 0.05) is 26.2 Å². The number of carbonyl (C=O) groups is 1. The minimum absolute atomic E-state index is 0.0793. The molecule has 1 fully saturated rings. The van der Waals surface area contributed by atoms with Crippen LogP contribution in [-0.4, -0.2) is 55.8 Å². The summed E-state index contributed by atoms with van der Waals surface area (Å²) in [6, 6.07) is 1.81. The lowest BCUT2D eigenvalue weighted by Crippen LogP contribution is -2.54. The van der Waals surface area contributed by atoms with E-state index in [-0.39, 0.29) is 13.1 Å². The number of sulfonamides is 1. The largest absolute Gasteiger partial charge is 0.368 e. The zero-order valence-electron chi connectivity index (χ0n) is 12.0. The lowest BCUT2D eigenvalue weighted by molar-refractivity contribution is -0.123. The molecule has 1 aliphatic heterocycles. The van der Waals surface area contributed by atoms with Crippen LogP contribution in [0, 0.1) is 11.6 Å². The zero-order valence-corrected chi connectivity index (χ0v) is 12.8. The van der Waals surface area contributed by atoms with Gasteiger partial charge in [0.2, 0.25) is 15.9 Å². The molecule has 1 atom stereocenters. The molecule has 2 rings (SSSR count). The number of rotatable bonds is 4. The highest BCUT2D eigenvalue weighted by molar-refractivity contribution is 7.89. The molecule has 0 unspecified atom stereocenters. The summed E-state index contributed by atoms with van der Waals surface area (Å²) >= 11 is 0. The molecule has 0 aliphatic carbocycles. The fraction of sp³-hybridized carbons (Fsp3) is 0.462. The second-order valence-corrected chi connectivity index (χ2v) is 7.00. The molecule has 9 heteroatoms. The monoisotopic (exact) mass is 333 g/mol. The maximum atomic E-state index is 13.7. The number of carbonyl (C=O) groups excluding carboxylic acids is 1. The average molecular weight is 333 g/mol. The summed E-state index contributed by atoms with van der Waals surface area (Å²) in [4.78, 5) is 12.2. The van der Waals surface area contributed by atoms with Gasteiger partial charge in [-0.2, -0.15) is 4.31 Å². The zero-order chi connectivity index (χ0) is 16.5. The topological polar surface area (TPSA) is 83.7 Å². The van der Waals surface area contributed by atoms with E-state index in [0.29, 0.717) is 19.2 Å². The molecule has 1 saturated heterocycles. The predicted octanol–water partition coefficient (Wildman–Crippen LogP) is 0.145. The van der Waals surface area contributed by atoms with Crippen LogP contribution in [0.15, 0.2) is 23.1 Å². The highest BCUT2D eigenvalue weighted by Gasteiger charge is 2.32. The lowest BCUT2D eigenvalue weighted by atomic mass is 10.2. The van der Waals surface area contributed by atoms with Gasteiger partial charge in [0.05, 0.1) is 6.04 Å². The third-order valence-electron chi connectivity index (χ3n) is 3.74. The maximum Gasteiger partial charge on any atom is 0.246 e. The second kappa shape index (κ2) is 6.27. The van der Waals surface area contributed by atoms with Crippen LogP contribution in [0.1, 0.15) is 6.92 Å². The summed E-state index contributed by atoms with van der Waals surface area (Å²) in [5.41, 5.74) is 5.21. The van der Waals surface area contributed by atoms with E-state index >= 15 is 0 Å². The fourth-order valence-electron chi connectivity index (χ4n) is 2.33. The first-order valence-electron chi connectivity index (χ1n) is 6.72. The van der Waals surface area contributed by atoms with Crippen molar-refractivity contribution < 1.29 is 22.0 Å². The average Bonchev–Trinajstić information content (AvgIpc) is 2.48. The molecule has 0 radical (unpaired) electrons. The summed E-state index contributed by atoms with van der Waals surface area (Å²) in [6.45, 7) is 2.38. The number of benzene rings is 1. The summed E-state index contributed by atoms with van der Waals surface area (Å²) in [5.74, 6) is -2.30. The van der Waals surface area contributed by atoms with Crippen LogP contribution in [-0.2, 0) is 14.8 Å². The second-order valence-electron chi connectivity index (χ2n) is 5.09. The van der Waals surface area contributed by atoms with E-state index in [2.05, 4.69) is 0 Å². The van der Waals surface area contributed by atoms with Crippen molar-refractivity contribution in [2.75, 3.05) is 26.2 Å². The molecule has 1 amide bonds. The van der Waals surface area contributed by atoms with E-state index in [1.165, 1.54) is 0 Å². The Kier molecular flexibility index (Phi) is 4.78. The van der Waals surface area contributed by atoms with Crippen molar-refractivity contribution >= 4 is 15.9 Å². The van der Waals surface area contributed by atoms with Crippen LogP contribution >= 0.6 is 0 Å². The first-order chi connectivity index (χ1) is 10.2. The van der Waals surface area contributed by atoms with E-state index < -0.39 is 38.5 Å². The smallest absolute Gasteiger partial charge is 0.246 e. The van der Waals surface area contributed by atoms with Gasteiger partial charge in [0.15, 0.2) is 0 Å². The molecular formula is C13H17F2N3O3S. The Bertz CT molecular complexity index is 673. The van der Waals surface area contributed by atoms with Gasteiger partial charge < -0.3 is 5.73 Å². The number of hydrogen-bond acceptors (Lipinski definition) is 4. The Morgan fingerprint density at radius 3 is 2.36 bits per heavy atom. The molecular weight excluding hydrogens is 316 g/mol. The van der Waals surface area contributed by atoms with Crippen molar-refractivity contribution in [3.8, 4) is 0 Å². The molecule has 1 aromatic carbocycles. The van der Waals surface area contributed by atoms with E-state index in [0.717, 1.165) is 16.4 Å². The number of nitrogens with two attached hydrogens (primary N) is 1. The van der Waals surface area contributed by atoms with Crippen LogP contribution in [0.4, 0.5) is 8.78 Å². The van der Waals surface area contributed by atoms with Gasteiger partial charge >= 0.3 is 0 Å². The number of primary amides is 1. The standard InChI is InChI=1S/C13H17F2N3O3S/c1-9(13(16)19)17-4-6-18(7-5-17)22(20,21)12-8-10(14)2-3-11(12)15/h2-3,8-9H,4-7H2,1H3,(H2,16,19)/t9-/m1/s1. The molecule has 1 heterocycles. The van der Waals surface area contributed by atoms with Crippen molar-refractivity contribution in [1.29, 1.82) is 0 Å². The van der Waals surface area contributed by atoms with Crippen LogP contribution in [0.25, 0.3) is 0 Å². The number of piperazine rings is 1. The molecule has 1 aliphatic rings. The highest BCUT2D eigenvalue weighted by Crippen LogP contribution is 2.22. The van der Waals surface area contributed by atoms with Gasteiger partial charge in [-0.3, -0.25) is 9.69 Å². The van der Waals surface area contributed by atoms with Crippen LogP contribution < -0.4 is 5.73 Å². The minimum Gasteiger partial charge on any atom is -0.368 e. The predicted molar refractivity (Wildman–Crippen MR) is 75.3 cm³/mol. The summed E-state index contributed by atoms with van der Waals surface area (Å²) in [5, 5.41) is 0. The molecule has 0 saturated carbocycles. The molecule has 122 valence electrons. The van der Waals surface area contributed by atoms with Gasteiger partial charge in [-0.15, -0.1) is 0 Å². The van der Waals surface area contributed by atoms with Crippen LogP contribution in [0.3, 0.4) is 0 Å². The summed E-state index contributed by atoms with van der Waals surface area (Å²) < 4.78 is 52.7. The summed E-state index contributed by atoms with van der Waals surface area (Å²) in [7, 11) is -4.11. The lowest BCUT2D eigenvalue weighted by Gasteiger charge is -2.36. The number of hydrogen-bond donors (Lipinski definition) is 1. The molecule has 0 spiro atoms. The normalized spacial score (nSPS) is 19.0. The van der Waals surface area contributed by atoms with E-state index in [4.69, 9.17) is 5.73 Å². The van der Waals surface area contributed by atoms with Crippen molar-refractivity contribution in [3.63, 3.8) is 0 Å². The van der Waals surface area contributed by atoms with Gasteiger partial charge in [-0.1, -0.05) is 0 Å². The molecule has 2 N–H and O–H groups in total. The Morgan fingerprint density at radius 2 is 1.82 bits per heavy atom. The first-order valence-corrected chi connectivity index (χ1v) is 8.16. The van der Waals surface area contributed by atoms with Crippen molar-refractivity contribution in [2.45, 2.75) is 17.9 Å². The van der Waals surface area contributed by atoms with Crippen LogP contribution in [0.5, 0.6) is 0 Å². The van der Waals surface area contributed by atoms with Crippen molar-refractivity contribution in [2.24, 2.45) is 5.73 Å². The Hall–Kier alpha value is -1.58. The summed E-state index contributed by atoms with van der Waals surface area (Å²) in [6.07, 6.45) is 0. The van der Waals surface area contributed by atoms with Crippen LogP contribution in [0.2, 0.25) is 0 Å². The van der Waals surface area contributed by atoms with E-state index in [1.54, 1.807) is 11.8 Å². The van der Waals surface area contributed by atoms with Crippen molar-refractivity contribution in [3.05, 3.63) is 29.8 Å². The number of amides is 1. The van der Waals surface area contributed by atoms with E-state index in [1.807, 2.05) is 0 Å². The highest BCUT2D eigenvalue weighted by atomic mass is 32.2. The molecule has 0 bridgehead atoms. The molecule has 1 aromatic rings. The maximum absolute atomic E-state index is 13.7. The number of halogens is 2. The Morgan fingerprint density at radius 1 is 1.23 bits per heavy atom. The number of nitrogens with zero attached hydrogens (tertiary/aromatic N) is 2. The SMILES string of the molecule is C[C@H](C(N)=O)N1CCN(S(=O)(=O)c2cc(F)ccc2F)CC1. The first kappa shape index (κ1) is 16.8. The van der Waals surface area contributed by atoms with Crippen molar-refractivity contribution in [1.82, 2.24) is 9.21 Å². The fourth-order valence-corrected chi connectivity index (χ4v) is 3.82. The Balaban J connectivity index is 2.16. The third kappa shape index (κ3) is 3.26. The third-order valence-corrected chi connectivity index (χ3v) is 5.66. The molecule has 6 nitrogen and oxygen atoms in total. The van der Waals surface area contributed by atoms with Gasteiger partial charge in [-0.25, -0.2) is 17.2 Å².